The van der Waals surface area contributed by atoms with Crippen LogP contribution in [0, 0.1) is 11.7 Å². The molecule has 104 valence electrons. The van der Waals surface area contributed by atoms with Crippen LogP contribution >= 0.6 is 0 Å². The molecule has 1 fully saturated rings. The number of carbonyl (C=O) groups excluding carboxylic acids is 1. The maximum Gasteiger partial charge on any atom is 0.155 e. The number of aldehydes is 1. The van der Waals surface area contributed by atoms with Crippen LogP contribution in [-0.2, 0) is 0 Å². The lowest BCUT2D eigenvalue weighted by Crippen LogP contribution is -2.25. The van der Waals surface area contributed by atoms with E-state index in [-0.39, 0.29) is 5.56 Å². The van der Waals surface area contributed by atoms with E-state index in [0.717, 1.165) is 37.5 Å². The van der Waals surface area contributed by atoms with Gasteiger partial charge in [0.1, 0.15) is 5.82 Å². The van der Waals surface area contributed by atoms with Crippen molar-refractivity contribution in [3.63, 3.8) is 0 Å². The van der Waals surface area contributed by atoms with Crippen LogP contribution in [0.25, 0.3) is 0 Å². The molecule has 1 aromatic rings. The van der Waals surface area contributed by atoms with Gasteiger partial charge in [0.05, 0.1) is 11.3 Å². The summed E-state index contributed by atoms with van der Waals surface area (Å²) < 4.78 is 13.6. The first-order valence-corrected chi connectivity index (χ1v) is 7.25. The standard InChI is InChI=1S/C16H22FNO/c1-2-5-13-6-4-10-18(11-9-13)16-8-3-7-15(17)14(16)12-19/h3,7-8,12-13H,2,4-6,9-11H2,1H3. The van der Waals surface area contributed by atoms with Gasteiger partial charge in [-0.3, -0.25) is 4.79 Å². The molecule has 0 amide bonds. The van der Waals surface area contributed by atoms with Gasteiger partial charge in [-0.1, -0.05) is 25.8 Å². The van der Waals surface area contributed by atoms with Crippen LogP contribution in [0.1, 0.15) is 49.4 Å². The molecule has 19 heavy (non-hydrogen) atoms. The first-order chi connectivity index (χ1) is 9.26. The zero-order chi connectivity index (χ0) is 13.7. The molecular weight excluding hydrogens is 241 g/mol. The third-order valence-electron chi connectivity index (χ3n) is 4.03. The number of carbonyl (C=O) groups is 1. The molecule has 3 heteroatoms. The van der Waals surface area contributed by atoms with Crippen LogP contribution in [0.4, 0.5) is 10.1 Å². The molecule has 1 aromatic carbocycles. The van der Waals surface area contributed by atoms with Crippen LogP contribution in [0.15, 0.2) is 18.2 Å². The summed E-state index contributed by atoms with van der Waals surface area (Å²) >= 11 is 0. The van der Waals surface area contributed by atoms with Gasteiger partial charge in [0.25, 0.3) is 0 Å². The molecule has 0 radical (unpaired) electrons. The minimum Gasteiger partial charge on any atom is -0.371 e. The zero-order valence-corrected chi connectivity index (χ0v) is 11.6. The largest absolute Gasteiger partial charge is 0.371 e. The topological polar surface area (TPSA) is 20.3 Å². The summed E-state index contributed by atoms with van der Waals surface area (Å²) in [6.07, 6.45) is 6.65. The van der Waals surface area contributed by atoms with E-state index in [1.807, 2.05) is 6.07 Å². The normalized spacial score (nSPS) is 20.1. The summed E-state index contributed by atoms with van der Waals surface area (Å²) in [4.78, 5) is 13.2. The Labute approximate surface area is 114 Å². The van der Waals surface area contributed by atoms with Crippen LogP contribution < -0.4 is 4.90 Å². The minimum atomic E-state index is -0.415. The van der Waals surface area contributed by atoms with E-state index < -0.39 is 5.82 Å². The van der Waals surface area contributed by atoms with Crippen LogP contribution in [0.3, 0.4) is 0 Å². The molecule has 1 saturated heterocycles. The second-order valence-electron chi connectivity index (χ2n) is 5.36. The average Bonchev–Trinajstić information content (AvgIpc) is 2.64. The molecule has 1 heterocycles. The van der Waals surface area contributed by atoms with Gasteiger partial charge in [0, 0.05) is 13.1 Å². The summed E-state index contributed by atoms with van der Waals surface area (Å²) in [6.45, 7) is 4.07. The zero-order valence-electron chi connectivity index (χ0n) is 11.6. The molecule has 0 N–H and O–H groups in total. The highest BCUT2D eigenvalue weighted by atomic mass is 19.1. The van der Waals surface area contributed by atoms with Gasteiger partial charge in [-0.15, -0.1) is 0 Å². The van der Waals surface area contributed by atoms with Gasteiger partial charge in [-0.25, -0.2) is 4.39 Å². The van der Waals surface area contributed by atoms with Crippen molar-refractivity contribution in [3.05, 3.63) is 29.6 Å². The Hall–Kier alpha value is -1.38. The number of halogens is 1. The second kappa shape index (κ2) is 6.69. The maximum atomic E-state index is 13.6. The summed E-state index contributed by atoms with van der Waals surface area (Å²) in [5, 5.41) is 0. The molecule has 2 nitrogen and oxygen atoms in total. The van der Waals surface area contributed by atoms with E-state index in [4.69, 9.17) is 0 Å². The molecular formula is C16H22FNO. The quantitative estimate of drug-likeness (QED) is 0.764. The smallest absolute Gasteiger partial charge is 0.155 e. The van der Waals surface area contributed by atoms with Crippen molar-refractivity contribution in [2.45, 2.75) is 39.0 Å². The molecule has 2 rings (SSSR count). The predicted octanol–water partition coefficient (Wildman–Crippen LogP) is 4.04. The highest BCUT2D eigenvalue weighted by Crippen LogP contribution is 2.28. The van der Waals surface area contributed by atoms with Crippen molar-refractivity contribution in [2.75, 3.05) is 18.0 Å². The highest BCUT2D eigenvalue weighted by molar-refractivity contribution is 5.85. The van der Waals surface area contributed by atoms with Gasteiger partial charge in [-0.2, -0.15) is 0 Å². The molecule has 0 aliphatic carbocycles. The van der Waals surface area contributed by atoms with E-state index in [0.29, 0.717) is 6.29 Å². The van der Waals surface area contributed by atoms with Gasteiger partial charge in [0.15, 0.2) is 6.29 Å². The Balaban J connectivity index is 2.14. The van der Waals surface area contributed by atoms with Gasteiger partial charge in [0.2, 0.25) is 0 Å². The lowest BCUT2D eigenvalue weighted by atomic mass is 9.96. The molecule has 0 aromatic heterocycles. The average molecular weight is 263 g/mol. The number of benzene rings is 1. The Morgan fingerprint density at radius 1 is 1.37 bits per heavy atom. The Morgan fingerprint density at radius 2 is 2.21 bits per heavy atom. The number of hydrogen-bond acceptors (Lipinski definition) is 2. The molecule has 0 bridgehead atoms. The van der Waals surface area contributed by atoms with Crippen molar-refractivity contribution in [2.24, 2.45) is 5.92 Å². The molecule has 0 saturated carbocycles. The van der Waals surface area contributed by atoms with Crippen LogP contribution in [-0.4, -0.2) is 19.4 Å². The van der Waals surface area contributed by atoms with Gasteiger partial charge < -0.3 is 4.90 Å². The van der Waals surface area contributed by atoms with E-state index in [1.165, 1.54) is 25.3 Å². The number of rotatable bonds is 4. The maximum absolute atomic E-state index is 13.6. The van der Waals surface area contributed by atoms with Crippen molar-refractivity contribution in [3.8, 4) is 0 Å². The predicted molar refractivity (Wildman–Crippen MR) is 76.2 cm³/mol. The fourth-order valence-electron chi connectivity index (χ4n) is 3.02. The van der Waals surface area contributed by atoms with Gasteiger partial charge in [-0.05, 0) is 37.3 Å². The number of nitrogens with zero attached hydrogens (tertiary/aromatic N) is 1. The Kier molecular flexibility index (Phi) is 4.94. The Morgan fingerprint density at radius 3 is 2.95 bits per heavy atom. The summed E-state index contributed by atoms with van der Waals surface area (Å²) in [5.74, 6) is 0.366. The number of hydrogen-bond donors (Lipinski definition) is 0. The van der Waals surface area contributed by atoms with Gasteiger partial charge >= 0.3 is 0 Å². The minimum absolute atomic E-state index is 0.205. The first-order valence-electron chi connectivity index (χ1n) is 7.25. The molecule has 0 spiro atoms. The molecule has 1 atom stereocenters. The van der Waals surface area contributed by atoms with Crippen molar-refractivity contribution < 1.29 is 9.18 Å². The lowest BCUT2D eigenvalue weighted by Gasteiger charge is -2.24. The lowest BCUT2D eigenvalue weighted by molar-refractivity contribution is 0.112. The van der Waals surface area contributed by atoms with Crippen molar-refractivity contribution >= 4 is 12.0 Å². The monoisotopic (exact) mass is 263 g/mol. The molecule has 1 unspecified atom stereocenters. The SMILES string of the molecule is CCCC1CCCN(c2cccc(F)c2C=O)CC1. The van der Waals surface area contributed by atoms with Crippen LogP contribution in [0.5, 0.6) is 0 Å². The third kappa shape index (κ3) is 3.34. The fourth-order valence-corrected chi connectivity index (χ4v) is 3.02. The summed E-state index contributed by atoms with van der Waals surface area (Å²) in [6, 6.07) is 4.89. The van der Waals surface area contributed by atoms with E-state index in [2.05, 4.69) is 11.8 Å². The van der Waals surface area contributed by atoms with Crippen LogP contribution in [0.2, 0.25) is 0 Å². The third-order valence-corrected chi connectivity index (χ3v) is 4.03. The van der Waals surface area contributed by atoms with Crippen molar-refractivity contribution in [1.29, 1.82) is 0 Å². The van der Waals surface area contributed by atoms with E-state index in [1.54, 1.807) is 6.07 Å². The van der Waals surface area contributed by atoms with E-state index >= 15 is 0 Å². The Bertz CT molecular complexity index is 433. The highest BCUT2D eigenvalue weighted by Gasteiger charge is 2.19. The fraction of sp³-hybridized carbons (Fsp3) is 0.562. The first kappa shape index (κ1) is 14.0. The summed E-state index contributed by atoms with van der Waals surface area (Å²) in [7, 11) is 0. The molecule has 1 aliphatic heterocycles. The summed E-state index contributed by atoms with van der Waals surface area (Å²) in [5.41, 5.74) is 0.962. The van der Waals surface area contributed by atoms with E-state index in [9.17, 15) is 9.18 Å². The molecule has 1 aliphatic rings. The second-order valence-corrected chi connectivity index (χ2v) is 5.36. The number of anilines is 1. The van der Waals surface area contributed by atoms with Crippen molar-refractivity contribution in [1.82, 2.24) is 0 Å².